The highest BCUT2D eigenvalue weighted by Crippen LogP contribution is 2.32. The molecule has 0 unspecified atom stereocenters. The number of aryl methyl sites for hydroxylation is 1. The fourth-order valence-electron chi connectivity index (χ4n) is 1.54. The van der Waals surface area contributed by atoms with Crippen LogP contribution < -0.4 is 0 Å². The number of aliphatic hydroxyl groups excluding tert-OH is 1. The van der Waals surface area contributed by atoms with Gasteiger partial charge in [0.15, 0.2) is 0 Å². The minimum atomic E-state index is 0.0986. The molecule has 74 valence electrons. The summed E-state index contributed by atoms with van der Waals surface area (Å²) in [4.78, 5) is 1.22. The summed E-state index contributed by atoms with van der Waals surface area (Å²) in [5.41, 5.74) is 2.20. The lowest BCUT2D eigenvalue weighted by Gasteiger charge is -1.96. The molecule has 0 saturated heterocycles. The predicted molar refractivity (Wildman–Crippen MR) is 62.0 cm³/mol. The van der Waals surface area contributed by atoms with E-state index in [-0.39, 0.29) is 6.61 Å². The van der Waals surface area contributed by atoms with E-state index in [0.717, 1.165) is 5.56 Å². The summed E-state index contributed by atoms with van der Waals surface area (Å²) in [5, 5.41) is 10.2. The van der Waals surface area contributed by atoms with Crippen LogP contribution in [0.25, 0.3) is 10.1 Å². The van der Waals surface area contributed by atoms with Crippen LogP contribution in [0.1, 0.15) is 16.0 Å². The minimum Gasteiger partial charge on any atom is -0.392 e. The fourth-order valence-corrected chi connectivity index (χ4v) is 2.95. The Bertz CT molecular complexity index is 462. The van der Waals surface area contributed by atoms with Crippen LogP contribution >= 0.6 is 22.9 Å². The zero-order chi connectivity index (χ0) is 10.1. The lowest BCUT2D eigenvalue weighted by molar-refractivity contribution is 0.282. The Hall–Kier alpha value is -0.570. The van der Waals surface area contributed by atoms with Crippen LogP contribution in [0, 0.1) is 6.92 Å². The van der Waals surface area contributed by atoms with Crippen LogP contribution in [-0.4, -0.2) is 5.11 Å². The number of fused-ring (bicyclic) bond motifs is 1. The van der Waals surface area contributed by atoms with Gasteiger partial charge < -0.3 is 5.11 Å². The first-order valence-corrected chi connectivity index (χ1v) is 5.79. The number of thiophene rings is 1. The second-order valence-corrected chi connectivity index (χ2v) is 4.68. The van der Waals surface area contributed by atoms with E-state index in [0.29, 0.717) is 5.88 Å². The minimum absolute atomic E-state index is 0.0986. The van der Waals surface area contributed by atoms with E-state index >= 15 is 0 Å². The molecule has 2 aromatic rings. The van der Waals surface area contributed by atoms with Gasteiger partial charge in [-0.05, 0) is 35.6 Å². The van der Waals surface area contributed by atoms with Crippen molar-refractivity contribution in [1.82, 2.24) is 0 Å². The highest BCUT2D eigenvalue weighted by molar-refractivity contribution is 7.19. The molecule has 1 nitrogen and oxygen atoms in total. The van der Waals surface area contributed by atoms with Crippen LogP contribution in [0.3, 0.4) is 0 Å². The molecule has 0 radical (unpaired) electrons. The number of halogens is 1. The molecule has 2 rings (SSSR count). The molecule has 3 heteroatoms. The number of rotatable bonds is 2. The molecule has 0 atom stereocenters. The molecule has 1 aromatic heterocycles. The van der Waals surface area contributed by atoms with E-state index in [4.69, 9.17) is 16.7 Å². The van der Waals surface area contributed by atoms with E-state index < -0.39 is 0 Å². The number of hydrogen-bond donors (Lipinski definition) is 1. The Balaban J connectivity index is 2.68. The van der Waals surface area contributed by atoms with Crippen molar-refractivity contribution < 1.29 is 5.11 Å². The molecule has 0 bridgehead atoms. The molecular formula is C11H11ClOS. The fraction of sp³-hybridized carbons (Fsp3) is 0.273. The van der Waals surface area contributed by atoms with Crippen LogP contribution in [0.15, 0.2) is 18.2 Å². The lowest BCUT2D eigenvalue weighted by Crippen LogP contribution is -1.81. The summed E-state index contributed by atoms with van der Waals surface area (Å²) >= 11 is 7.57. The molecule has 1 N–H and O–H groups in total. The Morgan fingerprint density at radius 3 is 2.86 bits per heavy atom. The van der Waals surface area contributed by atoms with Gasteiger partial charge >= 0.3 is 0 Å². The summed E-state index contributed by atoms with van der Waals surface area (Å²) in [6, 6.07) is 6.04. The van der Waals surface area contributed by atoms with Crippen molar-refractivity contribution in [1.29, 1.82) is 0 Å². The summed E-state index contributed by atoms with van der Waals surface area (Å²) in [7, 11) is 0. The Labute approximate surface area is 91.9 Å². The van der Waals surface area contributed by atoms with Gasteiger partial charge in [0.1, 0.15) is 0 Å². The molecule has 0 aliphatic heterocycles. The van der Waals surface area contributed by atoms with Crippen molar-refractivity contribution >= 4 is 33.0 Å². The standard InChI is InChI=1S/C11H11ClOS/c1-7-9-4-8(6-13)2-3-10(9)14-11(7)5-12/h2-4,13H,5-6H2,1H3. The van der Waals surface area contributed by atoms with Crippen molar-refractivity contribution in [3.63, 3.8) is 0 Å². The van der Waals surface area contributed by atoms with Gasteiger partial charge in [0, 0.05) is 9.58 Å². The molecule has 0 amide bonds. The number of benzene rings is 1. The maximum Gasteiger partial charge on any atom is 0.0682 e. The molecule has 0 fully saturated rings. The van der Waals surface area contributed by atoms with E-state index in [1.807, 2.05) is 12.1 Å². The number of aliphatic hydroxyl groups is 1. The van der Waals surface area contributed by atoms with Gasteiger partial charge in [-0.2, -0.15) is 0 Å². The lowest BCUT2D eigenvalue weighted by atomic mass is 10.1. The van der Waals surface area contributed by atoms with Gasteiger partial charge in [-0.15, -0.1) is 22.9 Å². The monoisotopic (exact) mass is 226 g/mol. The molecule has 0 aliphatic rings. The van der Waals surface area contributed by atoms with E-state index in [9.17, 15) is 0 Å². The summed E-state index contributed by atoms with van der Waals surface area (Å²) in [6.45, 7) is 2.18. The van der Waals surface area contributed by atoms with Crippen LogP contribution in [0.4, 0.5) is 0 Å². The van der Waals surface area contributed by atoms with Gasteiger partial charge in [-0.3, -0.25) is 0 Å². The molecule has 14 heavy (non-hydrogen) atoms. The molecule has 0 aliphatic carbocycles. The highest BCUT2D eigenvalue weighted by Gasteiger charge is 2.07. The van der Waals surface area contributed by atoms with Crippen molar-refractivity contribution in [2.24, 2.45) is 0 Å². The molecule has 1 heterocycles. The number of alkyl halides is 1. The van der Waals surface area contributed by atoms with Crippen LogP contribution in [0.2, 0.25) is 0 Å². The predicted octanol–water partition coefficient (Wildman–Crippen LogP) is 3.44. The Kier molecular flexibility index (Phi) is 2.77. The van der Waals surface area contributed by atoms with Crippen molar-refractivity contribution in [3.8, 4) is 0 Å². The van der Waals surface area contributed by atoms with E-state index in [1.54, 1.807) is 11.3 Å². The smallest absolute Gasteiger partial charge is 0.0682 e. The summed E-state index contributed by atoms with van der Waals surface area (Å²) in [5.74, 6) is 0.569. The topological polar surface area (TPSA) is 20.2 Å². The van der Waals surface area contributed by atoms with Gasteiger partial charge in [0.05, 0.1) is 12.5 Å². The van der Waals surface area contributed by atoms with Crippen LogP contribution in [-0.2, 0) is 12.5 Å². The first kappa shape index (κ1) is 9.97. The van der Waals surface area contributed by atoms with E-state index in [2.05, 4.69) is 13.0 Å². The molecule has 0 spiro atoms. The van der Waals surface area contributed by atoms with Gasteiger partial charge in [0.2, 0.25) is 0 Å². The zero-order valence-corrected chi connectivity index (χ0v) is 9.45. The van der Waals surface area contributed by atoms with E-state index in [1.165, 1.54) is 20.5 Å². The maximum atomic E-state index is 9.03. The average molecular weight is 227 g/mol. The second-order valence-electron chi connectivity index (χ2n) is 3.27. The van der Waals surface area contributed by atoms with Gasteiger partial charge in [-0.1, -0.05) is 6.07 Å². The summed E-state index contributed by atoms with van der Waals surface area (Å²) < 4.78 is 1.25. The zero-order valence-electron chi connectivity index (χ0n) is 7.88. The quantitative estimate of drug-likeness (QED) is 0.778. The second kappa shape index (κ2) is 3.89. The van der Waals surface area contributed by atoms with Gasteiger partial charge in [-0.25, -0.2) is 0 Å². The van der Waals surface area contributed by atoms with Crippen molar-refractivity contribution in [3.05, 3.63) is 34.2 Å². The highest BCUT2D eigenvalue weighted by atomic mass is 35.5. The Morgan fingerprint density at radius 2 is 2.21 bits per heavy atom. The first-order valence-electron chi connectivity index (χ1n) is 4.44. The van der Waals surface area contributed by atoms with Crippen LogP contribution in [0.5, 0.6) is 0 Å². The van der Waals surface area contributed by atoms with Gasteiger partial charge in [0.25, 0.3) is 0 Å². The third-order valence-electron chi connectivity index (χ3n) is 2.40. The summed E-state index contributed by atoms with van der Waals surface area (Å²) in [6.07, 6.45) is 0. The average Bonchev–Trinajstić information content (AvgIpc) is 2.55. The molecular weight excluding hydrogens is 216 g/mol. The van der Waals surface area contributed by atoms with Crippen molar-refractivity contribution in [2.45, 2.75) is 19.4 Å². The first-order chi connectivity index (χ1) is 6.76. The normalized spacial score (nSPS) is 11.1. The Morgan fingerprint density at radius 1 is 1.43 bits per heavy atom. The number of hydrogen-bond acceptors (Lipinski definition) is 2. The third kappa shape index (κ3) is 1.54. The molecule has 1 aromatic carbocycles. The maximum absolute atomic E-state index is 9.03. The van der Waals surface area contributed by atoms with Crippen molar-refractivity contribution in [2.75, 3.05) is 0 Å². The largest absolute Gasteiger partial charge is 0.392 e. The SMILES string of the molecule is Cc1c(CCl)sc2ccc(CO)cc12. The molecule has 0 saturated carbocycles. The third-order valence-corrected chi connectivity index (χ3v) is 4.10.